The van der Waals surface area contributed by atoms with E-state index in [-0.39, 0.29) is 0 Å². The van der Waals surface area contributed by atoms with Gasteiger partial charge in [0.1, 0.15) is 0 Å². The third-order valence-electron chi connectivity index (χ3n) is 2.86. The molecule has 0 aliphatic rings. The second-order valence-electron chi connectivity index (χ2n) is 4.62. The van der Waals surface area contributed by atoms with Crippen molar-refractivity contribution in [1.29, 1.82) is 0 Å². The zero-order valence-corrected chi connectivity index (χ0v) is 12.2. The number of anilines is 1. The summed E-state index contributed by atoms with van der Waals surface area (Å²) in [5, 5.41) is 3.46. The molecule has 0 aromatic carbocycles. The first kappa shape index (κ1) is 13.1. The van der Waals surface area contributed by atoms with Gasteiger partial charge >= 0.3 is 0 Å². The van der Waals surface area contributed by atoms with Crippen LogP contribution in [0.15, 0.2) is 18.3 Å². The average Bonchev–Trinajstić information content (AvgIpc) is 2.87. The molecule has 5 heteroatoms. The molecule has 0 saturated carbocycles. The fraction of sp³-hybridized carbons (Fsp3) is 0.462. The van der Waals surface area contributed by atoms with Crippen LogP contribution in [0, 0.1) is 6.92 Å². The SMILES string of the molecule is Cc1ccc(CNCc2cnc(N(C)C)n2C)s1. The lowest BCUT2D eigenvalue weighted by Gasteiger charge is -2.12. The van der Waals surface area contributed by atoms with Gasteiger partial charge in [0.05, 0.1) is 11.9 Å². The number of nitrogens with one attached hydrogen (secondary N) is 1. The number of hydrogen-bond acceptors (Lipinski definition) is 4. The molecular formula is C13H20N4S. The average molecular weight is 264 g/mol. The third kappa shape index (κ3) is 2.91. The van der Waals surface area contributed by atoms with Gasteiger partial charge in [-0.25, -0.2) is 4.98 Å². The smallest absolute Gasteiger partial charge is 0.204 e. The fourth-order valence-corrected chi connectivity index (χ4v) is 2.77. The van der Waals surface area contributed by atoms with Crippen LogP contribution < -0.4 is 10.2 Å². The Labute approximate surface area is 112 Å². The maximum Gasteiger partial charge on any atom is 0.204 e. The normalized spacial score (nSPS) is 10.9. The number of rotatable bonds is 5. The van der Waals surface area contributed by atoms with Crippen molar-refractivity contribution < 1.29 is 0 Å². The summed E-state index contributed by atoms with van der Waals surface area (Å²) in [6.07, 6.45) is 1.93. The molecule has 1 N–H and O–H groups in total. The highest BCUT2D eigenvalue weighted by Crippen LogP contribution is 2.15. The van der Waals surface area contributed by atoms with Crippen LogP contribution in [0.4, 0.5) is 5.95 Å². The highest BCUT2D eigenvalue weighted by atomic mass is 32.1. The first-order chi connectivity index (χ1) is 8.58. The van der Waals surface area contributed by atoms with E-state index in [1.807, 2.05) is 36.5 Å². The number of imidazole rings is 1. The van der Waals surface area contributed by atoms with Gasteiger partial charge in [0.15, 0.2) is 0 Å². The largest absolute Gasteiger partial charge is 0.348 e. The number of aryl methyl sites for hydroxylation is 1. The van der Waals surface area contributed by atoms with Crippen LogP contribution in [0.3, 0.4) is 0 Å². The van der Waals surface area contributed by atoms with E-state index >= 15 is 0 Å². The van der Waals surface area contributed by atoms with E-state index < -0.39 is 0 Å². The Balaban J connectivity index is 1.90. The van der Waals surface area contributed by atoms with Crippen molar-refractivity contribution in [2.45, 2.75) is 20.0 Å². The van der Waals surface area contributed by atoms with Gasteiger partial charge in [0.2, 0.25) is 5.95 Å². The van der Waals surface area contributed by atoms with E-state index in [0.29, 0.717) is 0 Å². The predicted octanol–water partition coefficient (Wildman–Crippen LogP) is 2.15. The maximum atomic E-state index is 4.40. The van der Waals surface area contributed by atoms with Gasteiger partial charge in [0.25, 0.3) is 0 Å². The lowest BCUT2D eigenvalue weighted by Crippen LogP contribution is -2.17. The molecule has 2 aromatic heterocycles. The minimum Gasteiger partial charge on any atom is -0.348 e. The highest BCUT2D eigenvalue weighted by molar-refractivity contribution is 7.11. The highest BCUT2D eigenvalue weighted by Gasteiger charge is 2.07. The molecule has 0 fully saturated rings. The zero-order chi connectivity index (χ0) is 13.1. The van der Waals surface area contributed by atoms with Crippen molar-refractivity contribution in [2.24, 2.45) is 7.05 Å². The van der Waals surface area contributed by atoms with E-state index in [2.05, 4.69) is 41.0 Å². The van der Waals surface area contributed by atoms with Crippen molar-refractivity contribution in [3.8, 4) is 0 Å². The predicted molar refractivity (Wildman–Crippen MR) is 77.1 cm³/mol. The van der Waals surface area contributed by atoms with Crippen LogP contribution in [0.5, 0.6) is 0 Å². The topological polar surface area (TPSA) is 33.1 Å². The Kier molecular flexibility index (Phi) is 4.04. The lowest BCUT2D eigenvalue weighted by atomic mass is 10.4. The molecule has 0 spiro atoms. The minimum atomic E-state index is 0.842. The quantitative estimate of drug-likeness (QED) is 0.898. The van der Waals surface area contributed by atoms with Crippen LogP contribution in [0.2, 0.25) is 0 Å². The Morgan fingerprint density at radius 2 is 2.11 bits per heavy atom. The molecule has 0 unspecified atom stereocenters. The molecule has 0 saturated heterocycles. The van der Waals surface area contributed by atoms with Crippen LogP contribution in [0.25, 0.3) is 0 Å². The first-order valence-electron chi connectivity index (χ1n) is 6.02. The number of nitrogens with zero attached hydrogens (tertiary/aromatic N) is 3. The first-order valence-corrected chi connectivity index (χ1v) is 6.83. The number of thiophene rings is 1. The van der Waals surface area contributed by atoms with Gasteiger partial charge < -0.3 is 14.8 Å². The minimum absolute atomic E-state index is 0.842. The standard InChI is InChI=1S/C13H20N4S/c1-10-5-6-12(18-10)9-14-7-11-8-15-13(16(2)3)17(11)4/h5-6,8,14H,7,9H2,1-4H3. The number of hydrogen-bond donors (Lipinski definition) is 1. The lowest BCUT2D eigenvalue weighted by molar-refractivity contribution is 0.659. The molecule has 2 rings (SSSR count). The summed E-state index contributed by atoms with van der Waals surface area (Å²) < 4.78 is 2.12. The molecule has 0 atom stereocenters. The number of aromatic nitrogens is 2. The van der Waals surface area contributed by atoms with Crippen molar-refractivity contribution in [3.63, 3.8) is 0 Å². The van der Waals surface area contributed by atoms with Crippen molar-refractivity contribution in [3.05, 3.63) is 33.8 Å². The van der Waals surface area contributed by atoms with E-state index in [4.69, 9.17) is 0 Å². The Hall–Kier alpha value is -1.33. The third-order valence-corrected chi connectivity index (χ3v) is 3.86. The molecule has 0 aliphatic heterocycles. The van der Waals surface area contributed by atoms with E-state index in [1.54, 1.807) is 0 Å². The summed E-state index contributed by atoms with van der Waals surface area (Å²) in [6, 6.07) is 4.34. The molecular weight excluding hydrogens is 244 g/mol. The van der Waals surface area contributed by atoms with Crippen LogP contribution in [-0.2, 0) is 20.1 Å². The Morgan fingerprint density at radius 3 is 2.67 bits per heavy atom. The van der Waals surface area contributed by atoms with Crippen LogP contribution in [-0.4, -0.2) is 23.6 Å². The summed E-state index contributed by atoms with van der Waals surface area (Å²) in [5.41, 5.74) is 1.20. The second kappa shape index (κ2) is 5.54. The van der Waals surface area contributed by atoms with Gasteiger partial charge in [-0.15, -0.1) is 11.3 Å². The van der Waals surface area contributed by atoms with Crippen molar-refractivity contribution >= 4 is 17.3 Å². The van der Waals surface area contributed by atoms with E-state index in [9.17, 15) is 0 Å². The summed E-state index contributed by atoms with van der Waals surface area (Å²) in [4.78, 5) is 9.16. The summed E-state index contributed by atoms with van der Waals surface area (Å²) in [7, 11) is 6.07. The molecule has 4 nitrogen and oxygen atoms in total. The Morgan fingerprint density at radius 1 is 1.33 bits per heavy atom. The van der Waals surface area contributed by atoms with Gasteiger partial charge in [-0.2, -0.15) is 0 Å². The fourth-order valence-electron chi connectivity index (χ4n) is 1.91. The van der Waals surface area contributed by atoms with Crippen molar-refractivity contribution in [1.82, 2.24) is 14.9 Å². The molecule has 0 aliphatic carbocycles. The molecule has 0 bridgehead atoms. The molecule has 0 radical (unpaired) electrons. The molecule has 98 valence electrons. The Bertz CT molecular complexity index is 513. The van der Waals surface area contributed by atoms with Crippen LogP contribution in [0.1, 0.15) is 15.4 Å². The monoisotopic (exact) mass is 264 g/mol. The summed E-state index contributed by atoms with van der Waals surface area (Å²) in [6.45, 7) is 3.90. The summed E-state index contributed by atoms with van der Waals surface area (Å²) >= 11 is 1.84. The maximum absolute atomic E-state index is 4.40. The van der Waals surface area contributed by atoms with Crippen LogP contribution >= 0.6 is 11.3 Å². The van der Waals surface area contributed by atoms with Gasteiger partial charge in [-0.3, -0.25) is 0 Å². The van der Waals surface area contributed by atoms with Gasteiger partial charge in [0, 0.05) is 44.0 Å². The van der Waals surface area contributed by atoms with E-state index in [0.717, 1.165) is 19.0 Å². The second-order valence-corrected chi connectivity index (χ2v) is 5.99. The molecule has 2 heterocycles. The zero-order valence-electron chi connectivity index (χ0n) is 11.4. The van der Waals surface area contributed by atoms with Crippen molar-refractivity contribution in [2.75, 3.05) is 19.0 Å². The molecule has 2 aromatic rings. The van der Waals surface area contributed by atoms with Gasteiger partial charge in [-0.05, 0) is 19.1 Å². The summed E-state index contributed by atoms with van der Waals surface area (Å²) in [5.74, 6) is 0.985. The van der Waals surface area contributed by atoms with E-state index in [1.165, 1.54) is 15.4 Å². The molecule has 0 amide bonds. The molecule has 18 heavy (non-hydrogen) atoms. The van der Waals surface area contributed by atoms with Gasteiger partial charge in [-0.1, -0.05) is 0 Å².